The van der Waals surface area contributed by atoms with E-state index in [1.807, 2.05) is 0 Å². The van der Waals surface area contributed by atoms with E-state index in [1.54, 1.807) is 0 Å². The zero-order chi connectivity index (χ0) is 19.0. The molecule has 0 bridgehead atoms. The van der Waals surface area contributed by atoms with Crippen molar-refractivity contribution in [2.45, 2.75) is 19.1 Å². The number of rotatable bonds is 5. The Morgan fingerprint density at radius 3 is 2.31 bits per heavy atom. The molecule has 0 aliphatic rings. The van der Waals surface area contributed by atoms with Crippen LogP contribution in [0.25, 0.3) is 11.0 Å². The first-order valence-electron chi connectivity index (χ1n) is 7.28. The van der Waals surface area contributed by atoms with Gasteiger partial charge in [0.1, 0.15) is 0 Å². The lowest BCUT2D eigenvalue weighted by Gasteiger charge is -2.12. The molecule has 5 nitrogen and oxygen atoms in total. The Morgan fingerprint density at radius 1 is 1.12 bits per heavy atom. The highest BCUT2D eigenvalue weighted by atomic mass is 35.5. The number of hydrogen-bond donors (Lipinski definition) is 0. The molecule has 0 spiro atoms. The van der Waals surface area contributed by atoms with E-state index in [1.165, 1.54) is 41.0 Å². The Bertz CT molecular complexity index is 977. The van der Waals surface area contributed by atoms with Gasteiger partial charge in [-0.2, -0.15) is 0 Å². The van der Waals surface area contributed by atoms with Crippen molar-refractivity contribution in [3.8, 4) is 0 Å². The second-order valence-corrected chi connectivity index (χ2v) is 6.29. The third-order valence-electron chi connectivity index (χ3n) is 3.78. The third kappa shape index (κ3) is 3.47. The van der Waals surface area contributed by atoms with Crippen LogP contribution in [-0.2, 0) is 6.54 Å². The Balaban J connectivity index is 2.10. The number of non-ortho nitro benzene ring substituents is 1. The molecule has 0 amide bonds. The van der Waals surface area contributed by atoms with Gasteiger partial charge in [0.15, 0.2) is 5.82 Å². The molecule has 0 radical (unpaired) electrons. The number of nitro benzene ring substituents is 1. The molecule has 0 fully saturated rings. The Labute approximate surface area is 155 Å². The lowest BCUT2D eigenvalue weighted by molar-refractivity contribution is -0.384. The Morgan fingerprint density at radius 2 is 1.73 bits per heavy atom. The van der Waals surface area contributed by atoms with Gasteiger partial charge >= 0.3 is 0 Å². The minimum atomic E-state index is -3.26. The van der Waals surface area contributed by atoms with Crippen LogP contribution < -0.4 is 0 Å². The maximum absolute atomic E-state index is 14.0. The van der Waals surface area contributed by atoms with Gasteiger partial charge in [0.2, 0.25) is 6.17 Å². The van der Waals surface area contributed by atoms with Crippen molar-refractivity contribution in [1.82, 2.24) is 9.55 Å². The summed E-state index contributed by atoms with van der Waals surface area (Å²) in [5.74, 6) is -0.466. The molecule has 0 aliphatic heterocycles. The first-order chi connectivity index (χ1) is 12.3. The molecular formula is C16H10Cl2F3N3O2. The minimum absolute atomic E-state index is 0.0189. The number of imidazole rings is 1. The lowest BCUT2D eigenvalue weighted by atomic mass is 10.2. The number of hydrogen-bond acceptors (Lipinski definition) is 3. The van der Waals surface area contributed by atoms with Crippen molar-refractivity contribution < 1.29 is 18.1 Å². The van der Waals surface area contributed by atoms with E-state index in [0.717, 1.165) is 0 Å². The average molecular weight is 404 g/mol. The van der Waals surface area contributed by atoms with Crippen LogP contribution >= 0.6 is 23.2 Å². The van der Waals surface area contributed by atoms with Crippen LogP contribution in [0, 0.1) is 10.1 Å². The summed E-state index contributed by atoms with van der Waals surface area (Å²) in [6, 6.07) is 8.25. The van der Waals surface area contributed by atoms with E-state index < -0.39 is 23.3 Å². The van der Waals surface area contributed by atoms with E-state index in [-0.39, 0.29) is 27.8 Å². The fourth-order valence-electron chi connectivity index (χ4n) is 2.53. The fourth-order valence-corrected chi connectivity index (χ4v) is 2.85. The van der Waals surface area contributed by atoms with Crippen LogP contribution in [0.3, 0.4) is 0 Å². The predicted octanol–water partition coefficient (Wildman–Crippen LogP) is 5.58. The van der Waals surface area contributed by atoms with Crippen LogP contribution in [0.5, 0.6) is 0 Å². The fraction of sp³-hybridized carbons (Fsp3) is 0.188. The Hall–Kier alpha value is -2.32. The maximum Gasteiger partial charge on any atom is 0.276 e. The summed E-state index contributed by atoms with van der Waals surface area (Å²) in [6.07, 6.45) is -5.86. The maximum atomic E-state index is 14.0. The summed E-state index contributed by atoms with van der Waals surface area (Å²) in [6.45, 7) is -0.0189. The molecule has 3 rings (SSSR count). The number of nitro groups is 1. The summed E-state index contributed by atoms with van der Waals surface area (Å²) < 4.78 is 41.1. The normalized spacial score (nSPS) is 12.7. The van der Waals surface area contributed by atoms with Crippen molar-refractivity contribution in [3.63, 3.8) is 0 Å². The molecule has 26 heavy (non-hydrogen) atoms. The topological polar surface area (TPSA) is 61.0 Å². The van der Waals surface area contributed by atoms with E-state index in [4.69, 9.17) is 23.2 Å². The van der Waals surface area contributed by atoms with E-state index in [0.29, 0.717) is 11.1 Å². The van der Waals surface area contributed by atoms with Gasteiger partial charge in [-0.25, -0.2) is 18.2 Å². The highest BCUT2D eigenvalue weighted by molar-refractivity contribution is 6.42. The van der Waals surface area contributed by atoms with Crippen LogP contribution in [0.2, 0.25) is 10.0 Å². The van der Waals surface area contributed by atoms with Crippen molar-refractivity contribution in [3.05, 3.63) is 67.9 Å². The molecule has 0 saturated heterocycles. The van der Waals surface area contributed by atoms with Gasteiger partial charge in [-0.05, 0) is 17.7 Å². The average Bonchev–Trinajstić information content (AvgIpc) is 2.92. The zero-order valence-electron chi connectivity index (χ0n) is 12.9. The quantitative estimate of drug-likeness (QED) is 0.412. The van der Waals surface area contributed by atoms with Gasteiger partial charge in [-0.15, -0.1) is 0 Å². The summed E-state index contributed by atoms with van der Waals surface area (Å²) in [5, 5.41) is 11.1. The number of aromatic nitrogens is 2. The van der Waals surface area contributed by atoms with Gasteiger partial charge in [0.25, 0.3) is 12.1 Å². The number of benzene rings is 2. The molecular weight excluding hydrogens is 394 g/mol. The standard InChI is InChI=1S/C16H10Cl2F3N3O2/c17-10-5-12-13(6-11(10)18)23(16(22-12)14(19)15(20)21)7-8-1-3-9(4-2-8)24(25)26/h1-6,14-15H,7H2. The second kappa shape index (κ2) is 7.13. The minimum Gasteiger partial charge on any atom is -0.321 e. The number of fused-ring (bicyclic) bond motifs is 1. The molecule has 0 N–H and O–H groups in total. The molecule has 0 saturated carbocycles. The summed E-state index contributed by atoms with van der Waals surface area (Å²) >= 11 is 11.9. The van der Waals surface area contributed by atoms with Gasteiger partial charge in [-0.1, -0.05) is 35.3 Å². The van der Waals surface area contributed by atoms with Crippen molar-refractivity contribution in [2.75, 3.05) is 0 Å². The van der Waals surface area contributed by atoms with Crippen LogP contribution in [0.15, 0.2) is 36.4 Å². The largest absolute Gasteiger partial charge is 0.321 e. The molecule has 1 heterocycles. The van der Waals surface area contributed by atoms with Crippen molar-refractivity contribution in [2.24, 2.45) is 0 Å². The van der Waals surface area contributed by atoms with Crippen molar-refractivity contribution in [1.29, 1.82) is 0 Å². The molecule has 0 aliphatic carbocycles. The monoisotopic (exact) mass is 403 g/mol. The SMILES string of the molecule is O=[N+]([O-])c1ccc(Cn2c(C(F)C(F)F)nc3cc(Cl)c(Cl)cc32)cc1. The first kappa shape index (κ1) is 18.5. The van der Waals surface area contributed by atoms with Crippen LogP contribution in [-0.4, -0.2) is 20.9 Å². The lowest BCUT2D eigenvalue weighted by Crippen LogP contribution is -2.12. The van der Waals surface area contributed by atoms with E-state index in [9.17, 15) is 23.3 Å². The smallest absolute Gasteiger partial charge is 0.276 e. The van der Waals surface area contributed by atoms with Gasteiger partial charge in [0.05, 0.1) is 26.0 Å². The number of alkyl halides is 3. The number of halogens is 5. The van der Waals surface area contributed by atoms with Gasteiger partial charge in [0, 0.05) is 18.7 Å². The summed E-state index contributed by atoms with van der Waals surface area (Å²) in [7, 11) is 0. The summed E-state index contributed by atoms with van der Waals surface area (Å²) in [4.78, 5) is 14.1. The molecule has 1 unspecified atom stereocenters. The zero-order valence-corrected chi connectivity index (χ0v) is 14.4. The first-order valence-corrected chi connectivity index (χ1v) is 8.04. The molecule has 136 valence electrons. The highest BCUT2D eigenvalue weighted by Gasteiger charge is 2.28. The molecule has 2 aromatic carbocycles. The molecule has 10 heteroatoms. The molecule has 1 aromatic heterocycles. The van der Waals surface area contributed by atoms with E-state index in [2.05, 4.69) is 4.98 Å². The number of nitrogens with zero attached hydrogens (tertiary/aromatic N) is 3. The second-order valence-electron chi connectivity index (χ2n) is 5.47. The van der Waals surface area contributed by atoms with Crippen LogP contribution in [0.1, 0.15) is 17.6 Å². The molecule has 3 aromatic rings. The van der Waals surface area contributed by atoms with Gasteiger partial charge in [-0.3, -0.25) is 10.1 Å². The third-order valence-corrected chi connectivity index (χ3v) is 4.50. The van der Waals surface area contributed by atoms with Crippen molar-refractivity contribution >= 4 is 39.9 Å². The van der Waals surface area contributed by atoms with E-state index >= 15 is 0 Å². The van der Waals surface area contributed by atoms with Gasteiger partial charge < -0.3 is 4.57 Å². The predicted molar refractivity (Wildman–Crippen MR) is 91.8 cm³/mol. The molecule has 1 atom stereocenters. The Kier molecular flexibility index (Phi) is 5.06. The van der Waals surface area contributed by atoms with Crippen LogP contribution in [0.4, 0.5) is 18.9 Å². The highest BCUT2D eigenvalue weighted by Crippen LogP contribution is 2.33. The summed E-state index contributed by atoms with van der Waals surface area (Å²) in [5.41, 5.74) is 0.981.